The van der Waals surface area contributed by atoms with E-state index in [4.69, 9.17) is 9.47 Å². The first-order valence-electron chi connectivity index (χ1n) is 5.10. The number of fused-ring (bicyclic) bond motifs is 1. The molecule has 2 heteroatoms. The minimum absolute atomic E-state index is 0.882. The van der Waals surface area contributed by atoms with E-state index in [2.05, 4.69) is 24.3 Å². The zero-order valence-electron chi connectivity index (χ0n) is 9.44. The normalized spacial score (nSPS) is 10.9. The van der Waals surface area contributed by atoms with Crippen molar-refractivity contribution in [3.8, 4) is 5.75 Å². The lowest BCUT2D eigenvalue weighted by Gasteiger charge is -2.03. The zero-order valence-corrected chi connectivity index (χ0v) is 9.44. The summed E-state index contributed by atoms with van der Waals surface area (Å²) in [5, 5.41) is 2.37. The van der Waals surface area contributed by atoms with Crippen molar-refractivity contribution in [2.24, 2.45) is 0 Å². The van der Waals surface area contributed by atoms with E-state index in [1.807, 2.05) is 18.2 Å². The van der Waals surface area contributed by atoms with Crippen molar-refractivity contribution in [3.05, 3.63) is 48.2 Å². The molecule has 2 rings (SSSR count). The molecule has 0 amide bonds. The van der Waals surface area contributed by atoms with Crippen molar-refractivity contribution in [1.82, 2.24) is 0 Å². The number of ether oxygens (including phenoxy) is 2. The van der Waals surface area contributed by atoms with Gasteiger partial charge in [-0.15, -0.1) is 0 Å². The molecule has 16 heavy (non-hydrogen) atoms. The van der Waals surface area contributed by atoms with Gasteiger partial charge in [0.05, 0.1) is 20.5 Å². The van der Waals surface area contributed by atoms with Crippen LogP contribution in [0, 0.1) is 0 Å². The first kappa shape index (κ1) is 10.6. The highest BCUT2D eigenvalue weighted by Gasteiger charge is 1.96. The molecule has 0 spiro atoms. The van der Waals surface area contributed by atoms with Crippen LogP contribution in [0.25, 0.3) is 16.8 Å². The average Bonchev–Trinajstić information content (AvgIpc) is 2.35. The van der Waals surface area contributed by atoms with Crippen LogP contribution in [0.4, 0.5) is 0 Å². The van der Waals surface area contributed by atoms with Crippen LogP contribution >= 0.6 is 0 Å². The van der Waals surface area contributed by atoms with E-state index >= 15 is 0 Å². The predicted octanol–water partition coefficient (Wildman–Crippen LogP) is 3.47. The van der Waals surface area contributed by atoms with Gasteiger partial charge in [0.25, 0.3) is 0 Å². The third-order valence-corrected chi connectivity index (χ3v) is 2.47. The van der Waals surface area contributed by atoms with E-state index in [-0.39, 0.29) is 0 Å². The Bertz CT molecular complexity index is 515. The van der Waals surface area contributed by atoms with Crippen LogP contribution in [0.15, 0.2) is 42.7 Å². The van der Waals surface area contributed by atoms with E-state index in [0.717, 1.165) is 11.3 Å². The minimum atomic E-state index is 0.882. The Morgan fingerprint density at radius 2 is 1.69 bits per heavy atom. The summed E-state index contributed by atoms with van der Waals surface area (Å²) in [6, 6.07) is 12.3. The van der Waals surface area contributed by atoms with Crippen molar-refractivity contribution < 1.29 is 9.47 Å². The molecule has 0 bridgehead atoms. The SMILES string of the molecule is CO/C=C/c1ccc2cc(OC)ccc2c1. The number of hydrogen-bond donors (Lipinski definition) is 0. The van der Waals surface area contributed by atoms with Crippen LogP contribution < -0.4 is 4.74 Å². The fourth-order valence-corrected chi connectivity index (χ4v) is 1.62. The second kappa shape index (κ2) is 4.71. The molecule has 0 fully saturated rings. The van der Waals surface area contributed by atoms with Crippen molar-refractivity contribution in [2.75, 3.05) is 14.2 Å². The molecule has 0 N–H and O–H groups in total. The number of benzene rings is 2. The van der Waals surface area contributed by atoms with E-state index < -0.39 is 0 Å². The molecule has 0 heterocycles. The topological polar surface area (TPSA) is 18.5 Å². The summed E-state index contributed by atoms with van der Waals surface area (Å²) in [4.78, 5) is 0. The zero-order chi connectivity index (χ0) is 11.4. The van der Waals surface area contributed by atoms with Gasteiger partial charge in [-0.25, -0.2) is 0 Å². The molecule has 0 unspecified atom stereocenters. The molecule has 0 aliphatic heterocycles. The molecule has 2 nitrogen and oxygen atoms in total. The van der Waals surface area contributed by atoms with Gasteiger partial charge in [-0.2, -0.15) is 0 Å². The van der Waals surface area contributed by atoms with Crippen molar-refractivity contribution in [1.29, 1.82) is 0 Å². The number of rotatable bonds is 3. The van der Waals surface area contributed by atoms with Crippen LogP contribution in [0.1, 0.15) is 5.56 Å². The number of methoxy groups -OCH3 is 2. The van der Waals surface area contributed by atoms with E-state index in [1.54, 1.807) is 20.5 Å². The highest BCUT2D eigenvalue weighted by Crippen LogP contribution is 2.22. The van der Waals surface area contributed by atoms with Gasteiger partial charge in [-0.05, 0) is 40.6 Å². The van der Waals surface area contributed by atoms with Gasteiger partial charge >= 0.3 is 0 Å². The molecule has 82 valence electrons. The van der Waals surface area contributed by atoms with E-state index in [9.17, 15) is 0 Å². The standard InChI is InChI=1S/C14H14O2/c1-15-8-7-11-3-4-13-10-14(16-2)6-5-12(13)9-11/h3-10H,1-2H3/b8-7+. The summed E-state index contributed by atoms with van der Waals surface area (Å²) in [6.45, 7) is 0. The molecule has 0 saturated heterocycles. The molecule has 0 saturated carbocycles. The third-order valence-electron chi connectivity index (χ3n) is 2.47. The van der Waals surface area contributed by atoms with Gasteiger partial charge in [-0.3, -0.25) is 0 Å². The first-order valence-corrected chi connectivity index (χ1v) is 5.10. The van der Waals surface area contributed by atoms with Gasteiger partial charge < -0.3 is 9.47 Å². The Labute approximate surface area is 95.1 Å². The molecule has 0 aliphatic rings. The Morgan fingerprint density at radius 3 is 2.44 bits per heavy atom. The van der Waals surface area contributed by atoms with Crippen LogP contribution in [0.2, 0.25) is 0 Å². The molecular formula is C14H14O2. The van der Waals surface area contributed by atoms with Gasteiger partial charge in [0.2, 0.25) is 0 Å². The second-order valence-electron chi connectivity index (χ2n) is 3.51. The molecule has 2 aromatic rings. The molecular weight excluding hydrogens is 200 g/mol. The summed E-state index contributed by atoms with van der Waals surface area (Å²) in [7, 11) is 3.32. The molecule has 0 radical (unpaired) electrons. The third kappa shape index (κ3) is 2.16. The fourth-order valence-electron chi connectivity index (χ4n) is 1.62. The Morgan fingerprint density at radius 1 is 0.938 bits per heavy atom. The maximum Gasteiger partial charge on any atom is 0.119 e. The lowest BCUT2D eigenvalue weighted by Crippen LogP contribution is -1.82. The molecule has 0 atom stereocenters. The van der Waals surface area contributed by atoms with E-state index in [0.29, 0.717) is 0 Å². The highest BCUT2D eigenvalue weighted by atomic mass is 16.5. The van der Waals surface area contributed by atoms with Gasteiger partial charge in [0.15, 0.2) is 0 Å². The summed E-state index contributed by atoms with van der Waals surface area (Å²) in [5.41, 5.74) is 1.12. The van der Waals surface area contributed by atoms with Crippen LogP contribution in [0.5, 0.6) is 5.75 Å². The van der Waals surface area contributed by atoms with Crippen LogP contribution in [0.3, 0.4) is 0 Å². The largest absolute Gasteiger partial charge is 0.504 e. The summed E-state index contributed by atoms with van der Waals surface area (Å²) in [5.74, 6) is 0.882. The van der Waals surface area contributed by atoms with Crippen LogP contribution in [-0.4, -0.2) is 14.2 Å². The maximum absolute atomic E-state index is 5.18. The smallest absolute Gasteiger partial charge is 0.119 e. The van der Waals surface area contributed by atoms with Gasteiger partial charge in [-0.1, -0.05) is 18.2 Å². The summed E-state index contributed by atoms with van der Waals surface area (Å²) >= 11 is 0. The molecule has 2 aromatic carbocycles. The lowest BCUT2D eigenvalue weighted by atomic mass is 10.1. The van der Waals surface area contributed by atoms with Crippen molar-refractivity contribution in [2.45, 2.75) is 0 Å². The maximum atomic E-state index is 5.18. The summed E-state index contributed by atoms with van der Waals surface area (Å²) in [6.07, 6.45) is 3.61. The Hall–Kier alpha value is -1.96. The minimum Gasteiger partial charge on any atom is -0.504 e. The van der Waals surface area contributed by atoms with Gasteiger partial charge in [0.1, 0.15) is 5.75 Å². The lowest BCUT2D eigenvalue weighted by molar-refractivity contribution is 0.341. The van der Waals surface area contributed by atoms with Gasteiger partial charge in [0, 0.05) is 0 Å². The highest BCUT2D eigenvalue weighted by molar-refractivity contribution is 5.85. The predicted molar refractivity (Wildman–Crippen MR) is 66.5 cm³/mol. The second-order valence-corrected chi connectivity index (χ2v) is 3.51. The quantitative estimate of drug-likeness (QED) is 0.728. The van der Waals surface area contributed by atoms with Crippen LogP contribution in [-0.2, 0) is 4.74 Å². The van der Waals surface area contributed by atoms with E-state index in [1.165, 1.54) is 10.8 Å². The summed E-state index contributed by atoms with van der Waals surface area (Å²) < 4.78 is 10.1. The first-order chi connectivity index (χ1) is 7.83. The number of hydrogen-bond acceptors (Lipinski definition) is 2. The molecule has 0 aromatic heterocycles. The average molecular weight is 214 g/mol. The van der Waals surface area contributed by atoms with Crippen molar-refractivity contribution >= 4 is 16.8 Å². The Balaban J connectivity index is 2.43. The fraction of sp³-hybridized carbons (Fsp3) is 0.143. The monoisotopic (exact) mass is 214 g/mol. The van der Waals surface area contributed by atoms with Crippen molar-refractivity contribution in [3.63, 3.8) is 0 Å². The molecule has 0 aliphatic carbocycles. The Kier molecular flexibility index (Phi) is 3.10.